The first-order valence-electron chi connectivity index (χ1n) is 5.37. The predicted molar refractivity (Wildman–Crippen MR) is 68.6 cm³/mol. The van der Waals surface area contributed by atoms with Crippen molar-refractivity contribution < 1.29 is 9.90 Å². The van der Waals surface area contributed by atoms with Crippen molar-refractivity contribution in [1.82, 2.24) is 0 Å². The fourth-order valence-electron chi connectivity index (χ4n) is 1.95. The number of allylic oxidation sites excluding steroid dienone is 2. The van der Waals surface area contributed by atoms with Crippen LogP contribution in [0, 0.1) is 12.8 Å². The Hall–Kier alpha value is -1.35. The van der Waals surface area contributed by atoms with Gasteiger partial charge in [-0.25, -0.2) is 0 Å². The molecule has 0 fully saturated rings. The van der Waals surface area contributed by atoms with Crippen LogP contribution >= 0.6 is 15.9 Å². The van der Waals surface area contributed by atoms with Crippen LogP contribution in [0.15, 0.2) is 48.6 Å². The Labute approximate surface area is 109 Å². The van der Waals surface area contributed by atoms with Gasteiger partial charge in [-0.15, -0.1) is 0 Å². The zero-order valence-electron chi connectivity index (χ0n) is 9.39. The molecular formula is C14H12BrO2-. The van der Waals surface area contributed by atoms with Crippen LogP contribution in [-0.2, 0) is 9.12 Å². The number of benzene rings is 1. The monoisotopic (exact) mass is 291 g/mol. The Kier molecular flexibility index (Phi) is 3.20. The molecule has 0 radical (unpaired) electrons. The van der Waals surface area contributed by atoms with E-state index in [1.807, 2.05) is 43.3 Å². The van der Waals surface area contributed by atoms with Crippen molar-refractivity contribution in [3.05, 3.63) is 59.7 Å². The van der Waals surface area contributed by atoms with E-state index in [4.69, 9.17) is 0 Å². The second kappa shape index (κ2) is 4.49. The molecule has 0 saturated carbocycles. The molecule has 0 bridgehead atoms. The third-order valence-corrected chi connectivity index (χ3v) is 3.88. The Balaban J connectivity index is 2.36. The summed E-state index contributed by atoms with van der Waals surface area (Å²) in [5.41, 5.74) is 2.27. The molecule has 2 rings (SSSR count). The van der Waals surface area contributed by atoms with E-state index in [1.54, 1.807) is 12.2 Å². The van der Waals surface area contributed by atoms with Crippen LogP contribution in [0.1, 0.15) is 11.1 Å². The minimum absolute atomic E-state index is 0.412. The lowest BCUT2D eigenvalue weighted by atomic mass is 9.88. The number of rotatable bonds is 2. The molecule has 0 amide bonds. The SMILES string of the molecule is Cc1ccccc1C1(Br)C=CC(C(=O)[O-])C=C1. The fourth-order valence-corrected chi connectivity index (χ4v) is 2.70. The molecule has 88 valence electrons. The molecule has 0 heterocycles. The molecule has 17 heavy (non-hydrogen) atoms. The lowest BCUT2D eigenvalue weighted by Gasteiger charge is -2.27. The van der Waals surface area contributed by atoms with Crippen molar-refractivity contribution in [2.24, 2.45) is 5.92 Å². The molecule has 0 spiro atoms. The molecule has 3 heteroatoms. The second-order valence-electron chi connectivity index (χ2n) is 4.15. The number of carboxylic acid groups (broad SMARTS) is 1. The summed E-state index contributed by atoms with van der Waals surface area (Å²) < 4.78 is -0.412. The zero-order chi connectivity index (χ0) is 12.5. The highest BCUT2D eigenvalue weighted by molar-refractivity contribution is 9.09. The minimum Gasteiger partial charge on any atom is -0.549 e. The van der Waals surface area contributed by atoms with Crippen molar-refractivity contribution >= 4 is 21.9 Å². The van der Waals surface area contributed by atoms with Crippen molar-refractivity contribution in [1.29, 1.82) is 0 Å². The minimum atomic E-state index is -1.07. The Morgan fingerprint density at radius 2 is 1.88 bits per heavy atom. The average molecular weight is 292 g/mol. The van der Waals surface area contributed by atoms with E-state index in [9.17, 15) is 9.90 Å². The molecule has 1 aromatic carbocycles. The Bertz CT molecular complexity index is 489. The summed E-state index contributed by atoms with van der Waals surface area (Å²) in [6.45, 7) is 2.03. The fraction of sp³-hybridized carbons (Fsp3) is 0.214. The molecule has 1 aromatic rings. The molecule has 0 aromatic heterocycles. The molecule has 0 aliphatic heterocycles. The third kappa shape index (κ3) is 2.34. The van der Waals surface area contributed by atoms with Crippen LogP contribution in [0.25, 0.3) is 0 Å². The lowest BCUT2D eigenvalue weighted by molar-refractivity contribution is -0.308. The Morgan fingerprint density at radius 1 is 1.29 bits per heavy atom. The van der Waals surface area contributed by atoms with E-state index >= 15 is 0 Å². The largest absolute Gasteiger partial charge is 0.549 e. The first-order valence-corrected chi connectivity index (χ1v) is 6.17. The highest BCUT2D eigenvalue weighted by Gasteiger charge is 2.27. The van der Waals surface area contributed by atoms with Crippen LogP contribution in [0.2, 0.25) is 0 Å². The van der Waals surface area contributed by atoms with Gasteiger partial charge in [0.15, 0.2) is 0 Å². The third-order valence-electron chi connectivity index (χ3n) is 2.92. The first kappa shape index (κ1) is 12.1. The van der Waals surface area contributed by atoms with Gasteiger partial charge in [-0.2, -0.15) is 0 Å². The number of aryl methyl sites for hydroxylation is 1. The summed E-state index contributed by atoms with van der Waals surface area (Å²) >= 11 is 3.64. The quantitative estimate of drug-likeness (QED) is 0.618. The van der Waals surface area contributed by atoms with Gasteiger partial charge < -0.3 is 9.90 Å². The number of carbonyl (C=O) groups is 1. The maximum atomic E-state index is 10.7. The number of carboxylic acids is 1. The van der Waals surface area contributed by atoms with Crippen molar-refractivity contribution in [2.45, 2.75) is 11.2 Å². The topological polar surface area (TPSA) is 40.1 Å². The summed E-state index contributed by atoms with van der Waals surface area (Å²) in [6, 6.07) is 8.01. The smallest absolute Gasteiger partial charge is 0.0869 e. The van der Waals surface area contributed by atoms with Crippen LogP contribution in [0.3, 0.4) is 0 Å². The van der Waals surface area contributed by atoms with Gasteiger partial charge in [-0.1, -0.05) is 64.5 Å². The van der Waals surface area contributed by atoms with Gasteiger partial charge >= 0.3 is 0 Å². The molecule has 2 nitrogen and oxygen atoms in total. The maximum absolute atomic E-state index is 10.7. The number of halogens is 1. The van der Waals surface area contributed by atoms with Crippen molar-refractivity contribution in [2.75, 3.05) is 0 Å². The molecule has 0 unspecified atom stereocenters. The van der Waals surface area contributed by atoms with E-state index in [-0.39, 0.29) is 0 Å². The van der Waals surface area contributed by atoms with Gasteiger partial charge in [0.1, 0.15) is 0 Å². The number of aliphatic carboxylic acids is 1. The van der Waals surface area contributed by atoms with Crippen LogP contribution in [0.4, 0.5) is 0 Å². The van der Waals surface area contributed by atoms with E-state index in [0.29, 0.717) is 0 Å². The summed E-state index contributed by atoms with van der Waals surface area (Å²) in [5.74, 6) is -1.71. The Morgan fingerprint density at radius 3 is 2.41 bits per heavy atom. The summed E-state index contributed by atoms with van der Waals surface area (Å²) in [6.07, 6.45) is 7.01. The number of hydrogen-bond acceptors (Lipinski definition) is 2. The van der Waals surface area contributed by atoms with Gasteiger partial charge in [-0.3, -0.25) is 0 Å². The molecule has 1 aliphatic carbocycles. The van der Waals surface area contributed by atoms with Crippen molar-refractivity contribution in [3.63, 3.8) is 0 Å². The van der Waals surface area contributed by atoms with E-state index < -0.39 is 16.2 Å². The number of alkyl halides is 1. The van der Waals surface area contributed by atoms with Gasteiger partial charge in [0.25, 0.3) is 0 Å². The van der Waals surface area contributed by atoms with E-state index in [0.717, 1.165) is 11.1 Å². The van der Waals surface area contributed by atoms with Gasteiger partial charge in [0.2, 0.25) is 0 Å². The lowest BCUT2D eigenvalue weighted by Crippen LogP contribution is -2.31. The second-order valence-corrected chi connectivity index (χ2v) is 5.46. The highest BCUT2D eigenvalue weighted by Crippen LogP contribution is 2.39. The van der Waals surface area contributed by atoms with Gasteiger partial charge in [-0.05, 0) is 18.1 Å². The standard InChI is InChI=1S/C14H13BrO2/c1-10-4-2-3-5-12(10)14(15)8-6-11(7-9-14)13(16)17/h2-9,11H,1H3,(H,16,17)/p-1. The summed E-state index contributed by atoms with van der Waals surface area (Å²) in [4.78, 5) is 10.7. The van der Waals surface area contributed by atoms with Crippen LogP contribution in [-0.4, -0.2) is 5.97 Å². The summed E-state index contributed by atoms with van der Waals surface area (Å²) in [5, 5.41) is 10.7. The molecule has 0 N–H and O–H groups in total. The van der Waals surface area contributed by atoms with Gasteiger partial charge in [0.05, 0.1) is 10.3 Å². The average Bonchev–Trinajstić information content (AvgIpc) is 2.30. The normalized spacial score (nSPS) is 27.1. The highest BCUT2D eigenvalue weighted by atomic mass is 79.9. The van der Waals surface area contributed by atoms with Crippen LogP contribution < -0.4 is 5.11 Å². The van der Waals surface area contributed by atoms with Crippen molar-refractivity contribution in [3.8, 4) is 0 Å². The van der Waals surface area contributed by atoms with Gasteiger partial charge in [0, 0.05) is 5.92 Å². The zero-order valence-corrected chi connectivity index (χ0v) is 11.0. The van der Waals surface area contributed by atoms with Crippen LogP contribution in [0.5, 0.6) is 0 Å². The maximum Gasteiger partial charge on any atom is 0.0869 e. The molecule has 0 saturated heterocycles. The molecule has 0 atom stereocenters. The summed E-state index contributed by atoms with van der Waals surface area (Å²) in [7, 11) is 0. The van der Waals surface area contributed by atoms with E-state index in [2.05, 4.69) is 15.9 Å². The predicted octanol–water partition coefficient (Wildman–Crippen LogP) is 2.08. The molecule has 1 aliphatic rings. The first-order chi connectivity index (χ1) is 8.03. The number of carbonyl (C=O) groups excluding carboxylic acids is 1. The van der Waals surface area contributed by atoms with E-state index in [1.165, 1.54) is 0 Å². The molecular weight excluding hydrogens is 280 g/mol. The number of hydrogen-bond donors (Lipinski definition) is 0.